The fourth-order valence-electron chi connectivity index (χ4n) is 4.45. The van der Waals surface area contributed by atoms with E-state index in [1.807, 2.05) is 0 Å². The van der Waals surface area contributed by atoms with Crippen molar-refractivity contribution in [1.29, 1.82) is 0 Å². The number of sulfonamides is 1. The Labute approximate surface area is 187 Å². The summed E-state index contributed by atoms with van der Waals surface area (Å²) in [5.41, 5.74) is 5.52. The third-order valence-electron chi connectivity index (χ3n) is 5.89. The van der Waals surface area contributed by atoms with E-state index in [4.69, 9.17) is 0 Å². The van der Waals surface area contributed by atoms with Crippen LogP contribution < -0.4 is 20.3 Å². The first kappa shape index (κ1) is 22.2. The van der Waals surface area contributed by atoms with Crippen LogP contribution in [0.5, 0.6) is 0 Å². The maximum absolute atomic E-state index is 13.1. The van der Waals surface area contributed by atoms with Crippen LogP contribution in [0, 0.1) is 13.8 Å². The summed E-state index contributed by atoms with van der Waals surface area (Å²) in [4.78, 5) is 17.9. The highest BCUT2D eigenvalue weighted by atomic mass is 32.2. The summed E-state index contributed by atoms with van der Waals surface area (Å²) in [5, 5.41) is 6.26. The van der Waals surface area contributed by atoms with Gasteiger partial charge in [-0.25, -0.2) is 18.1 Å². The number of hydrogen-bond acceptors (Lipinski definition) is 7. The van der Waals surface area contributed by atoms with Gasteiger partial charge in [-0.1, -0.05) is 17.4 Å². The highest BCUT2D eigenvalue weighted by Gasteiger charge is 2.30. The molecule has 1 atom stereocenters. The first-order valence-corrected chi connectivity index (χ1v) is 12.9. The Hall–Kier alpha value is -2.01. The Balaban J connectivity index is 1.57. The highest BCUT2D eigenvalue weighted by Crippen LogP contribution is 2.34. The first-order valence-electron chi connectivity index (χ1n) is 10.6. The normalized spacial score (nSPS) is 19.2. The van der Waals surface area contributed by atoms with E-state index in [1.54, 1.807) is 6.92 Å². The van der Waals surface area contributed by atoms with Crippen molar-refractivity contribution in [3.05, 3.63) is 34.5 Å². The molecule has 10 heteroatoms. The zero-order valence-electron chi connectivity index (χ0n) is 18.1. The second-order valence-corrected chi connectivity index (χ2v) is 11.1. The molecule has 1 fully saturated rings. The highest BCUT2D eigenvalue weighted by molar-refractivity contribution is 7.91. The van der Waals surface area contributed by atoms with Crippen LogP contribution in [0.15, 0.2) is 16.3 Å². The monoisotopic (exact) mass is 463 g/mol. The SMILES string of the molecule is CC(=O)Nc1nc(C)c(S(=O)(=O)N[C@@H]2CCc3c(C)ccc(N4CCNCC4)c3C2)s1. The number of nitrogens with one attached hydrogen (secondary N) is 3. The molecule has 1 aliphatic heterocycles. The second-order valence-electron chi connectivity index (χ2n) is 8.23. The molecule has 0 unspecified atom stereocenters. The fraction of sp³-hybridized carbons (Fsp3) is 0.524. The molecule has 1 aromatic heterocycles. The van der Waals surface area contributed by atoms with Gasteiger partial charge in [-0.3, -0.25) is 4.79 Å². The van der Waals surface area contributed by atoms with Gasteiger partial charge in [0, 0.05) is 44.8 Å². The van der Waals surface area contributed by atoms with Gasteiger partial charge in [0.25, 0.3) is 10.0 Å². The molecule has 168 valence electrons. The molecule has 0 radical (unpaired) electrons. The van der Waals surface area contributed by atoms with E-state index < -0.39 is 10.0 Å². The summed E-state index contributed by atoms with van der Waals surface area (Å²) in [5.74, 6) is -0.273. The summed E-state index contributed by atoms with van der Waals surface area (Å²) in [6, 6.07) is 4.20. The lowest BCUT2D eigenvalue weighted by Crippen LogP contribution is -2.45. The van der Waals surface area contributed by atoms with Crippen LogP contribution >= 0.6 is 11.3 Å². The topological polar surface area (TPSA) is 103 Å². The van der Waals surface area contributed by atoms with E-state index in [-0.39, 0.29) is 16.2 Å². The van der Waals surface area contributed by atoms with E-state index in [0.29, 0.717) is 17.2 Å². The number of aromatic nitrogens is 1. The van der Waals surface area contributed by atoms with Crippen molar-refractivity contribution in [2.24, 2.45) is 0 Å². The predicted octanol–water partition coefficient (Wildman–Crippen LogP) is 1.96. The molecule has 1 saturated heterocycles. The van der Waals surface area contributed by atoms with E-state index in [9.17, 15) is 13.2 Å². The van der Waals surface area contributed by atoms with Crippen LogP contribution in [0.4, 0.5) is 10.8 Å². The number of rotatable bonds is 5. The minimum Gasteiger partial charge on any atom is -0.369 e. The van der Waals surface area contributed by atoms with Crippen molar-refractivity contribution in [3.63, 3.8) is 0 Å². The Morgan fingerprint density at radius 3 is 2.68 bits per heavy atom. The van der Waals surface area contributed by atoms with Crippen molar-refractivity contribution in [2.75, 3.05) is 36.4 Å². The average Bonchev–Trinajstić information content (AvgIpc) is 3.09. The Bertz CT molecular complexity index is 1090. The number of carbonyl (C=O) groups is 1. The number of thiazole rings is 1. The van der Waals surface area contributed by atoms with Crippen LogP contribution in [-0.4, -0.2) is 51.5 Å². The molecule has 2 aliphatic rings. The largest absolute Gasteiger partial charge is 0.369 e. The van der Waals surface area contributed by atoms with E-state index >= 15 is 0 Å². The summed E-state index contributed by atoms with van der Waals surface area (Å²) in [7, 11) is -3.72. The van der Waals surface area contributed by atoms with Crippen molar-refractivity contribution < 1.29 is 13.2 Å². The molecule has 8 nitrogen and oxygen atoms in total. The summed E-state index contributed by atoms with van der Waals surface area (Å²) in [6.07, 6.45) is 2.29. The molecule has 1 aromatic carbocycles. The molecule has 1 aliphatic carbocycles. The molecular weight excluding hydrogens is 434 g/mol. The number of hydrogen-bond donors (Lipinski definition) is 3. The average molecular weight is 464 g/mol. The molecule has 0 bridgehead atoms. The lowest BCUT2D eigenvalue weighted by Gasteiger charge is -2.35. The van der Waals surface area contributed by atoms with Gasteiger partial charge in [-0.05, 0) is 55.9 Å². The van der Waals surface area contributed by atoms with Gasteiger partial charge in [0.2, 0.25) is 5.91 Å². The molecule has 0 saturated carbocycles. The first-order chi connectivity index (χ1) is 14.7. The lowest BCUT2D eigenvalue weighted by atomic mass is 9.84. The minimum atomic E-state index is -3.72. The molecule has 31 heavy (non-hydrogen) atoms. The number of amides is 1. The molecule has 1 amide bonds. The van der Waals surface area contributed by atoms with Crippen molar-refractivity contribution >= 4 is 38.1 Å². The van der Waals surface area contributed by atoms with E-state index in [0.717, 1.165) is 50.4 Å². The van der Waals surface area contributed by atoms with Gasteiger partial charge in [0.05, 0.1) is 5.69 Å². The second kappa shape index (κ2) is 8.85. The van der Waals surface area contributed by atoms with Crippen LogP contribution in [0.2, 0.25) is 0 Å². The quantitative estimate of drug-likeness (QED) is 0.626. The molecule has 4 rings (SSSR count). The minimum absolute atomic E-state index is 0.161. The smallest absolute Gasteiger partial charge is 0.252 e. The Morgan fingerprint density at radius 2 is 1.97 bits per heavy atom. The van der Waals surface area contributed by atoms with Crippen molar-refractivity contribution in [2.45, 2.75) is 50.3 Å². The number of carbonyl (C=O) groups excluding carboxylic acids is 1. The zero-order chi connectivity index (χ0) is 22.2. The number of aryl methyl sites for hydroxylation is 2. The Morgan fingerprint density at radius 1 is 1.23 bits per heavy atom. The van der Waals surface area contributed by atoms with E-state index in [1.165, 1.54) is 29.3 Å². The standard InChI is InChI=1S/C21H29N5O3S2/c1-13-4-7-19(26-10-8-22-9-11-26)18-12-16(5-6-17(13)18)25-31(28,29)20-14(2)23-21(30-20)24-15(3)27/h4,7,16,22,25H,5-6,8-12H2,1-3H3,(H,23,24,27)/t16-/m1/s1. The zero-order valence-corrected chi connectivity index (χ0v) is 19.8. The molecule has 2 heterocycles. The van der Waals surface area contributed by atoms with Gasteiger partial charge in [0.1, 0.15) is 0 Å². The number of fused-ring (bicyclic) bond motifs is 1. The number of anilines is 2. The summed E-state index contributed by atoms with van der Waals surface area (Å²) >= 11 is 0.989. The van der Waals surface area contributed by atoms with Gasteiger partial charge in [0.15, 0.2) is 9.34 Å². The Kier molecular flexibility index (Phi) is 6.34. The van der Waals surface area contributed by atoms with E-state index in [2.05, 4.69) is 44.3 Å². The third kappa shape index (κ3) is 4.77. The maximum atomic E-state index is 13.1. The van der Waals surface area contributed by atoms with Crippen LogP contribution in [0.25, 0.3) is 0 Å². The lowest BCUT2D eigenvalue weighted by molar-refractivity contribution is -0.114. The van der Waals surface area contributed by atoms with Crippen LogP contribution in [-0.2, 0) is 27.7 Å². The van der Waals surface area contributed by atoms with Crippen LogP contribution in [0.1, 0.15) is 35.7 Å². The van der Waals surface area contributed by atoms with Gasteiger partial charge >= 0.3 is 0 Å². The number of piperazine rings is 1. The maximum Gasteiger partial charge on any atom is 0.252 e. The van der Waals surface area contributed by atoms with Gasteiger partial charge in [-0.2, -0.15) is 0 Å². The fourth-order valence-corrected chi connectivity index (χ4v) is 7.20. The molecule has 0 spiro atoms. The summed E-state index contributed by atoms with van der Waals surface area (Å²) in [6.45, 7) is 8.99. The van der Waals surface area contributed by atoms with Crippen molar-refractivity contribution in [3.8, 4) is 0 Å². The summed E-state index contributed by atoms with van der Waals surface area (Å²) < 4.78 is 29.3. The van der Waals surface area contributed by atoms with Gasteiger partial charge < -0.3 is 15.5 Å². The number of nitrogens with zero attached hydrogens (tertiary/aromatic N) is 2. The molecule has 3 N–H and O–H groups in total. The van der Waals surface area contributed by atoms with Crippen molar-refractivity contribution in [1.82, 2.24) is 15.0 Å². The number of benzene rings is 1. The predicted molar refractivity (Wildman–Crippen MR) is 124 cm³/mol. The van der Waals surface area contributed by atoms with Crippen LogP contribution in [0.3, 0.4) is 0 Å². The molecule has 2 aromatic rings. The molecular formula is C21H29N5O3S2. The third-order valence-corrected chi connectivity index (χ3v) is 9.10. The van der Waals surface area contributed by atoms with Gasteiger partial charge in [-0.15, -0.1) is 0 Å².